The summed E-state index contributed by atoms with van der Waals surface area (Å²) in [5, 5.41) is 7.08. The normalized spacial score (nSPS) is 10.4. The second kappa shape index (κ2) is 2.37. The van der Waals surface area contributed by atoms with E-state index in [9.17, 15) is 0 Å². The molecule has 2 rings (SSSR count). The van der Waals surface area contributed by atoms with E-state index in [0.717, 1.165) is 11.3 Å². The highest BCUT2D eigenvalue weighted by Crippen LogP contribution is 2.23. The molecule has 0 radical (unpaired) electrons. The molecule has 2 aromatic rings. The summed E-state index contributed by atoms with van der Waals surface area (Å²) >= 11 is 0. The molecule has 12 heavy (non-hydrogen) atoms. The van der Waals surface area contributed by atoms with Crippen molar-refractivity contribution in [2.24, 2.45) is 0 Å². The van der Waals surface area contributed by atoms with E-state index in [4.69, 9.17) is 10.2 Å². The summed E-state index contributed by atoms with van der Waals surface area (Å²) < 4.78 is 9.52. The summed E-state index contributed by atoms with van der Waals surface area (Å²) in [6.45, 7) is 1.84. The minimum atomic E-state index is 0.274. The molecule has 5 nitrogen and oxygen atoms in total. The van der Waals surface area contributed by atoms with Gasteiger partial charge < -0.3 is 10.2 Å². The highest BCUT2D eigenvalue weighted by molar-refractivity contribution is 5.67. The van der Waals surface area contributed by atoms with Crippen LogP contribution in [0.3, 0.4) is 0 Å². The monoisotopic (exact) mass is 165 g/mol. The van der Waals surface area contributed by atoms with Crippen LogP contribution in [0.2, 0.25) is 0 Å². The second-order valence-electron chi connectivity index (χ2n) is 2.44. The molecule has 0 bridgehead atoms. The number of nitrogens with two attached hydrogens (primary N) is 1. The van der Waals surface area contributed by atoms with Crippen molar-refractivity contribution in [2.45, 2.75) is 6.92 Å². The first-order valence-corrected chi connectivity index (χ1v) is 3.41. The van der Waals surface area contributed by atoms with Crippen LogP contribution in [0, 0.1) is 6.92 Å². The van der Waals surface area contributed by atoms with Crippen molar-refractivity contribution >= 4 is 5.82 Å². The molecule has 0 fully saturated rings. The zero-order valence-electron chi connectivity index (χ0n) is 6.44. The maximum Gasteiger partial charge on any atom is 0.196 e. The highest BCUT2D eigenvalue weighted by atomic mass is 16.6. The molecular formula is C7H7N3O2. The summed E-state index contributed by atoms with van der Waals surface area (Å²) in [5.74, 6) is 1.07. The molecule has 0 spiro atoms. The summed E-state index contributed by atoms with van der Waals surface area (Å²) in [5.41, 5.74) is 6.78. The predicted octanol–water partition coefficient (Wildman–Crippen LogP) is 1.22. The van der Waals surface area contributed by atoms with Crippen molar-refractivity contribution in [1.29, 1.82) is 0 Å². The first kappa shape index (κ1) is 6.90. The van der Waals surface area contributed by atoms with Crippen molar-refractivity contribution in [3.8, 4) is 11.3 Å². The lowest BCUT2D eigenvalue weighted by Gasteiger charge is -1.84. The topological polar surface area (TPSA) is 78.1 Å². The van der Waals surface area contributed by atoms with E-state index in [2.05, 4.69) is 14.9 Å². The van der Waals surface area contributed by atoms with Crippen LogP contribution in [-0.4, -0.2) is 10.3 Å². The standard InChI is InChI=1S/C7H7N3O2/c1-4-2-5(3-11-4)6-7(8)10-12-9-6/h2-3H,1H3,(H2,8,10). The average molecular weight is 165 g/mol. The van der Waals surface area contributed by atoms with Crippen LogP contribution >= 0.6 is 0 Å². The third-order valence-corrected chi connectivity index (χ3v) is 1.52. The molecule has 0 unspecified atom stereocenters. The first-order chi connectivity index (χ1) is 5.77. The molecule has 0 aliphatic rings. The summed E-state index contributed by atoms with van der Waals surface area (Å²) in [4.78, 5) is 0. The molecule has 2 heterocycles. The Bertz CT molecular complexity index is 391. The van der Waals surface area contributed by atoms with E-state index in [1.165, 1.54) is 0 Å². The van der Waals surface area contributed by atoms with Gasteiger partial charge in [0.2, 0.25) is 0 Å². The van der Waals surface area contributed by atoms with E-state index in [1.807, 2.05) is 13.0 Å². The molecule has 0 atom stereocenters. The minimum Gasteiger partial charge on any atom is -0.469 e. The van der Waals surface area contributed by atoms with Gasteiger partial charge in [-0.15, -0.1) is 0 Å². The summed E-state index contributed by atoms with van der Waals surface area (Å²) in [6, 6.07) is 1.82. The Kier molecular flexibility index (Phi) is 1.36. The molecule has 0 amide bonds. The van der Waals surface area contributed by atoms with Gasteiger partial charge in [0.1, 0.15) is 12.0 Å². The maximum absolute atomic E-state index is 5.47. The molecule has 62 valence electrons. The number of aryl methyl sites for hydroxylation is 1. The molecule has 0 aromatic carbocycles. The molecule has 2 N–H and O–H groups in total. The van der Waals surface area contributed by atoms with Gasteiger partial charge in [-0.1, -0.05) is 0 Å². The molecule has 2 aromatic heterocycles. The number of furan rings is 1. The van der Waals surface area contributed by atoms with Gasteiger partial charge >= 0.3 is 0 Å². The average Bonchev–Trinajstić information content (AvgIpc) is 2.58. The third kappa shape index (κ3) is 0.952. The number of rotatable bonds is 1. The van der Waals surface area contributed by atoms with Crippen molar-refractivity contribution in [3.63, 3.8) is 0 Å². The number of aromatic nitrogens is 2. The van der Waals surface area contributed by atoms with Crippen LogP contribution in [0.15, 0.2) is 21.4 Å². The lowest BCUT2D eigenvalue weighted by atomic mass is 10.2. The van der Waals surface area contributed by atoms with Gasteiger partial charge in [0.05, 0.1) is 0 Å². The number of nitrogen functional groups attached to an aromatic ring is 1. The summed E-state index contributed by atoms with van der Waals surface area (Å²) in [6.07, 6.45) is 1.56. The SMILES string of the molecule is Cc1cc(-c2nonc2N)co1. The van der Waals surface area contributed by atoms with E-state index in [0.29, 0.717) is 5.69 Å². The van der Waals surface area contributed by atoms with Crippen LogP contribution in [0.25, 0.3) is 11.3 Å². The number of nitrogens with zero attached hydrogens (tertiary/aromatic N) is 2. The van der Waals surface area contributed by atoms with Gasteiger partial charge in [-0.25, -0.2) is 4.63 Å². The number of anilines is 1. The Morgan fingerprint density at radius 2 is 2.25 bits per heavy atom. The zero-order chi connectivity index (χ0) is 8.55. The van der Waals surface area contributed by atoms with Gasteiger partial charge in [-0.2, -0.15) is 0 Å². The molecule has 5 heteroatoms. The Morgan fingerprint density at radius 1 is 1.42 bits per heavy atom. The van der Waals surface area contributed by atoms with Crippen LogP contribution in [-0.2, 0) is 0 Å². The zero-order valence-corrected chi connectivity index (χ0v) is 6.44. The van der Waals surface area contributed by atoms with Gasteiger partial charge in [-0.05, 0) is 23.3 Å². The van der Waals surface area contributed by atoms with Crippen LogP contribution < -0.4 is 5.73 Å². The predicted molar refractivity (Wildman–Crippen MR) is 41.1 cm³/mol. The third-order valence-electron chi connectivity index (χ3n) is 1.52. The largest absolute Gasteiger partial charge is 0.469 e. The van der Waals surface area contributed by atoms with Gasteiger partial charge in [0.15, 0.2) is 11.5 Å². The Morgan fingerprint density at radius 3 is 2.75 bits per heavy atom. The molecule has 0 aliphatic carbocycles. The van der Waals surface area contributed by atoms with E-state index < -0.39 is 0 Å². The van der Waals surface area contributed by atoms with E-state index in [-0.39, 0.29) is 5.82 Å². The van der Waals surface area contributed by atoms with Gasteiger partial charge in [0, 0.05) is 5.56 Å². The Balaban J connectivity index is 2.50. The van der Waals surface area contributed by atoms with Crippen LogP contribution in [0.4, 0.5) is 5.82 Å². The van der Waals surface area contributed by atoms with E-state index in [1.54, 1.807) is 6.26 Å². The Labute approximate surface area is 68.1 Å². The van der Waals surface area contributed by atoms with Crippen LogP contribution in [0.5, 0.6) is 0 Å². The van der Waals surface area contributed by atoms with Crippen molar-refractivity contribution < 1.29 is 9.05 Å². The molecular weight excluding hydrogens is 158 g/mol. The summed E-state index contributed by atoms with van der Waals surface area (Å²) in [7, 11) is 0. The second-order valence-corrected chi connectivity index (χ2v) is 2.44. The molecule has 0 saturated heterocycles. The van der Waals surface area contributed by atoms with Crippen molar-refractivity contribution in [3.05, 3.63) is 18.1 Å². The smallest absolute Gasteiger partial charge is 0.196 e. The number of hydrogen-bond acceptors (Lipinski definition) is 5. The lowest BCUT2D eigenvalue weighted by Crippen LogP contribution is -1.86. The highest BCUT2D eigenvalue weighted by Gasteiger charge is 2.10. The van der Waals surface area contributed by atoms with Crippen molar-refractivity contribution in [2.75, 3.05) is 5.73 Å². The molecule has 0 saturated carbocycles. The maximum atomic E-state index is 5.47. The van der Waals surface area contributed by atoms with Gasteiger partial charge in [0.25, 0.3) is 0 Å². The first-order valence-electron chi connectivity index (χ1n) is 3.41. The minimum absolute atomic E-state index is 0.274. The quantitative estimate of drug-likeness (QED) is 0.687. The lowest BCUT2D eigenvalue weighted by molar-refractivity contribution is 0.310. The van der Waals surface area contributed by atoms with Crippen LogP contribution in [0.1, 0.15) is 5.76 Å². The fraction of sp³-hybridized carbons (Fsp3) is 0.143. The van der Waals surface area contributed by atoms with Gasteiger partial charge in [-0.3, -0.25) is 0 Å². The molecule has 0 aliphatic heterocycles. The van der Waals surface area contributed by atoms with Crippen molar-refractivity contribution in [1.82, 2.24) is 10.3 Å². The Hall–Kier alpha value is -1.78. The van der Waals surface area contributed by atoms with E-state index >= 15 is 0 Å². The number of hydrogen-bond donors (Lipinski definition) is 1. The fourth-order valence-electron chi connectivity index (χ4n) is 0.963. The fourth-order valence-corrected chi connectivity index (χ4v) is 0.963.